The zero-order chi connectivity index (χ0) is 13.4. The van der Waals surface area contributed by atoms with Crippen LogP contribution in [0.15, 0.2) is 24.5 Å². The lowest BCUT2D eigenvalue weighted by atomic mass is 10.1. The van der Waals surface area contributed by atoms with Gasteiger partial charge in [0.2, 0.25) is 0 Å². The summed E-state index contributed by atoms with van der Waals surface area (Å²) in [5.74, 6) is 0.500. The number of pyridine rings is 1. The zero-order valence-electron chi connectivity index (χ0n) is 11.5. The van der Waals surface area contributed by atoms with Gasteiger partial charge in [0, 0.05) is 31.6 Å². The molecule has 18 heavy (non-hydrogen) atoms. The van der Waals surface area contributed by atoms with E-state index in [1.807, 2.05) is 18.3 Å². The fourth-order valence-electron chi connectivity index (χ4n) is 1.56. The van der Waals surface area contributed by atoms with Crippen LogP contribution in [0.25, 0.3) is 0 Å². The molecule has 0 amide bonds. The molecule has 102 valence electrons. The van der Waals surface area contributed by atoms with E-state index in [9.17, 15) is 5.11 Å². The number of rotatable bonds is 8. The second kappa shape index (κ2) is 8.19. The summed E-state index contributed by atoms with van der Waals surface area (Å²) in [6.45, 7) is 7.83. The summed E-state index contributed by atoms with van der Waals surface area (Å²) in [7, 11) is 0. The third-order valence-corrected chi connectivity index (χ3v) is 2.61. The number of ether oxygens (including phenoxy) is 1. The summed E-state index contributed by atoms with van der Waals surface area (Å²) in [5, 5.41) is 13.0. The number of nitrogens with one attached hydrogen (secondary N) is 1. The lowest BCUT2D eigenvalue weighted by Crippen LogP contribution is -2.32. The first-order valence-corrected chi connectivity index (χ1v) is 6.48. The van der Waals surface area contributed by atoms with Crippen LogP contribution in [0.5, 0.6) is 0 Å². The number of hydrogen-bond donors (Lipinski definition) is 2. The Balaban J connectivity index is 2.20. The minimum Gasteiger partial charge on any atom is -0.389 e. The van der Waals surface area contributed by atoms with Crippen LogP contribution in [-0.2, 0) is 4.74 Å². The molecular weight excluding hydrogens is 228 g/mol. The predicted octanol–water partition coefficient (Wildman–Crippen LogP) is 1.77. The number of aromatic nitrogens is 1. The summed E-state index contributed by atoms with van der Waals surface area (Å²) < 4.78 is 5.39. The van der Waals surface area contributed by atoms with Gasteiger partial charge in [-0.2, -0.15) is 0 Å². The Kier molecular flexibility index (Phi) is 6.86. The predicted molar refractivity (Wildman–Crippen MR) is 72.3 cm³/mol. The minimum absolute atomic E-state index is 0.179. The molecule has 0 saturated heterocycles. The van der Waals surface area contributed by atoms with Crippen LogP contribution in [-0.4, -0.2) is 36.0 Å². The number of hydrogen-bond acceptors (Lipinski definition) is 4. The molecule has 4 heteroatoms. The molecule has 1 aromatic heterocycles. The van der Waals surface area contributed by atoms with Gasteiger partial charge in [0.1, 0.15) is 0 Å². The normalized spacial score (nSPS) is 14.7. The number of aliphatic hydroxyl groups is 1. The lowest BCUT2D eigenvalue weighted by molar-refractivity contribution is 0.0252. The first-order valence-electron chi connectivity index (χ1n) is 6.48. The molecule has 0 fully saturated rings. The van der Waals surface area contributed by atoms with Gasteiger partial charge in [-0.15, -0.1) is 0 Å². The molecule has 4 nitrogen and oxygen atoms in total. The summed E-state index contributed by atoms with van der Waals surface area (Å²) >= 11 is 0. The Hall–Kier alpha value is -0.970. The van der Waals surface area contributed by atoms with Crippen molar-refractivity contribution in [1.82, 2.24) is 10.3 Å². The summed E-state index contributed by atoms with van der Waals surface area (Å²) in [5.41, 5.74) is 1.12. The van der Waals surface area contributed by atoms with Gasteiger partial charge < -0.3 is 15.2 Å². The quantitative estimate of drug-likeness (QED) is 0.740. The van der Waals surface area contributed by atoms with Crippen LogP contribution < -0.4 is 5.32 Å². The van der Waals surface area contributed by atoms with E-state index in [1.54, 1.807) is 6.20 Å². The van der Waals surface area contributed by atoms with Crippen LogP contribution in [0.4, 0.5) is 0 Å². The van der Waals surface area contributed by atoms with Gasteiger partial charge in [0.25, 0.3) is 0 Å². The summed E-state index contributed by atoms with van der Waals surface area (Å²) in [6, 6.07) is 4.11. The van der Waals surface area contributed by atoms with Crippen LogP contribution in [0.1, 0.15) is 32.4 Å². The molecule has 0 radical (unpaired) electrons. The van der Waals surface area contributed by atoms with Gasteiger partial charge >= 0.3 is 0 Å². The summed E-state index contributed by atoms with van der Waals surface area (Å²) in [4.78, 5) is 4.07. The maximum Gasteiger partial charge on any atom is 0.0897 e. The van der Waals surface area contributed by atoms with Gasteiger partial charge in [0.15, 0.2) is 0 Å². The van der Waals surface area contributed by atoms with Crippen molar-refractivity contribution in [3.63, 3.8) is 0 Å². The Labute approximate surface area is 109 Å². The standard InChI is InChI=1S/C14H24N2O2/c1-11(2)9-18-10-14(17)8-16-12(3)13-5-4-6-15-7-13/h4-7,11-12,14,16-17H,8-10H2,1-3H3/t12-,14?/m0/s1. The topological polar surface area (TPSA) is 54.4 Å². The fourth-order valence-corrected chi connectivity index (χ4v) is 1.56. The highest BCUT2D eigenvalue weighted by Gasteiger charge is 2.09. The maximum atomic E-state index is 9.75. The highest BCUT2D eigenvalue weighted by molar-refractivity contribution is 5.12. The average Bonchev–Trinajstić information content (AvgIpc) is 2.36. The first kappa shape index (κ1) is 15.1. The highest BCUT2D eigenvalue weighted by Crippen LogP contribution is 2.09. The maximum absolute atomic E-state index is 9.75. The number of aliphatic hydroxyl groups excluding tert-OH is 1. The fraction of sp³-hybridized carbons (Fsp3) is 0.643. The van der Waals surface area contributed by atoms with E-state index in [4.69, 9.17) is 4.74 Å². The molecule has 2 atom stereocenters. The van der Waals surface area contributed by atoms with E-state index >= 15 is 0 Å². The zero-order valence-corrected chi connectivity index (χ0v) is 11.5. The van der Waals surface area contributed by atoms with Crippen molar-refractivity contribution in [2.45, 2.75) is 32.9 Å². The third kappa shape index (κ3) is 6.10. The summed E-state index contributed by atoms with van der Waals surface area (Å²) in [6.07, 6.45) is 3.12. The van der Waals surface area contributed by atoms with E-state index in [1.165, 1.54) is 0 Å². The smallest absolute Gasteiger partial charge is 0.0897 e. The van der Waals surface area contributed by atoms with E-state index in [0.29, 0.717) is 25.7 Å². The van der Waals surface area contributed by atoms with E-state index in [-0.39, 0.29) is 6.04 Å². The lowest BCUT2D eigenvalue weighted by Gasteiger charge is -2.17. The SMILES string of the molecule is CC(C)COCC(O)CN[C@@H](C)c1cccnc1. The Morgan fingerprint density at radius 3 is 2.72 bits per heavy atom. The molecule has 0 aliphatic carbocycles. The van der Waals surface area contributed by atoms with Crippen molar-refractivity contribution in [1.29, 1.82) is 0 Å². The van der Waals surface area contributed by atoms with Crippen molar-refractivity contribution >= 4 is 0 Å². The van der Waals surface area contributed by atoms with Crippen LogP contribution in [0.2, 0.25) is 0 Å². The molecule has 0 aliphatic heterocycles. The third-order valence-electron chi connectivity index (χ3n) is 2.61. The van der Waals surface area contributed by atoms with Crippen LogP contribution in [0.3, 0.4) is 0 Å². The van der Waals surface area contributed by atoms with Crippen molar-refractivity contribution in [3.8, 4) is 0 Å². The molecule has 0 spiro atoms. The Bertz CT molecular complexity index is 317. The molecule has 0 aliphatic rings. The van der Waals surface area contributed by atoms with Crippen LogP contribution in [0, 0.1) is 5.92 Å². The molecule has 1 aromatic rings. The molecule has 0 bridgehead atoms. The molecule has 2 N–H and O–H groups in total. The molecular formula is C14H24N2O2. The molecule has 0 saturated carbocycles. The number of nitrogens with zero attached hydrogens (tertiary/aromatic N) is 1. The van der Waals surface area contributed by atoms with E-state index in [2.05, 4.69) is 31.1 Å². The van der Waals surface area contributed by atoms with Gasteiger partial charge in [-0.25, -0.2) is 0 Å². The largest absolute Gasteiger partial charge is 0.389 e. The van der Waals surface area contributed by atoms with E-state index < -0.39 is 6.10 Å². The van der Waals surface area contributed by atoms with Gasteiger partial charge in [-0.1, -0.05) is 19.9 Å². The molecule has 1 rings (SSSR count). The Morgan fingerprint density at radius 1 is 1.33 bits per heavy atom. The first-order chi connectivity index (χ1) is 8.59. The van der Waals surface area contributed by atoms with Crippen molar-refractivity contribution in [3.05, 3.63) is 30.1 Å². The average molecular weight is 252 g/mol. The van der Waals surface area contributed by atoms with Gasteiger partial charge in [-0.3, -0.25) is 4.98 Å². The van der Waals surface area contributed by atoms with Crippen molar-refractivity contribution in [2.24, 2.45) is 5.92 Å². The second-order valence-corrected chi connectivity index (χ2v) is 5.00. The molecule has 1 heterocycles. The second-order valence-electron chi connectivity index (χ2n) is 5.00. The molecule has 0 aromatic carbocycles. The van der Waals surface area contributed by atoms with Gasteiger partial charge in [-0.05, 0) is 24.5 Å². The Morgan fingerprint density at radius 2 is 2.11 bits per heavy atom. The van der Waals surface area contributed by atoms with Gasteiger partial charge in [0.05, 0.1) is 12.7 Å². The molecule has 1 unspecified atom stereocenters. The van der Waals surface area contributed by atoms with Crippen molar-refractivity contribution < 1.29 is 9.84 Å². The van der Waals surface area contributed by atoms with E-state index in [0.717, 1.165) is 5.56 Å². The monoisotopic (exact) mass is 252 g/mol. The van der Waals surface area contributed by atoms with Crippen LogP contribution >= 0.6 is 0 Å². The minimum atomic E-state index is -0.470. The van der Waals surface area contributed by atoms with Crippen molar-refractivity contribution in [2.75, 3.05) is 19.8 Å². The highest BCUT2D eigenvalue weighted by atomic mass is 16.5.